The minimum absolute atomic E-state index is 0.0600. The molecule has 2 N–H and O–H groups in total. The molecule has 140 valence electrons. The van der Waals surface area contributed by atoms with Crippen LogP contribution in [0.3, 0.4) is 0 Å². The topological polar surface area (TPSA) is 74.4 Å². The number of aromatic nitrogens is 4. The summed E-state index contributed by atoms with van der Waals surface area (Å²) in [7, 11) is 0. The van der Waals surface area contributed by atoms with Crippen LogP contribution in [0.25, 0.3) is 51.9 Å². The van der Waals surface area contributed by atoms with Gasteiger partial charge in [0.15, 0.2) is 5.78 Å². The number of carbonyl (C=O) groups excluding carboxylic acids is 1. The van der Waals surface area contributed by atoms with Crippen LogP contribution in [0.15, 0.2) is 49.0 Å². The third-order valence-electron chi connectivity index (χ3n) is 4.92. The van der Waals surface area contributed by atoms with Crippen molar-refractivity contribution in [2.24, 2.45) is 0 Å². The predicted octanol–water partition coefficient (Wildman–Crippen LogP) is 5.26. The fraction of sp³-hybridized carbons (Fsp3) is 0.0417. The molecule has 3 aromatic heterocycles. The molecule has 5 heteroatoms. The minimum atomic E-state index is -0.0600. The van der Waals surface area contributed by atoms with Gasteiger partial charge in [0, 0.05) is 33.2 Å². The van der Waals surface area contributed by atoms with E-state index in [0.29, 0.717) is 5.57 Å². The van der Waals surface area contributed by atoms with Crippen molar-refractivity contribution in [1.82, 2.24) is 19.9 Å². The van der Waals surface area contributed by atoms with Crippen molar-refractivity contribution in [3.8, 4) is 0 Å². The predicted molar refractivity (Wildman–Crippen MR) is 119 cm³/mol. The largest absolute Gasteiger partial charge is 0.355 e. The van der Waals surface area contributed by atoms with Crippen molar-refractivity contribution in [1.29, 1.82) is 0 Å². The molecule has 29 heavy (non-hydrogen) atoms. The fourth-order valence-electron chi connectivity index (χ4n) is 3.46. The van der Waals surface area contributed by atoms with Gasteiger partial charge in [-0.1, -0.05) is 6.58 Å². The molecule has 2 aliphatic heterocycles. The van der Waals surface area contributed by atoms with Crippen molar-refractivity contribution in [2.75, 3.05) is 0 Å². The summed E-state index contributed by atoms with van der Waals surface area (Å²) < 4.78 is 0. The summed E-state index contributed by atoms with van der Waals surface area (Å²) in [6, 6.07) is 13.8. The lowest BCUT2D eigenvalue weighted by atomic mass is 10.1. The SMILES string of the molecule is C=C(C(C)=O)c1cc2cc3ccc(cc4nc(cc5nc(cc1[nH]2)C=C5)C=C4)[nH]3. The lowest BCUT2D eigenvalue weighted by molar-refractivity contribution is -0.111. The summed E-state index contributed by atoms with van der Waals surface area (Å²) in [6.45, 7) is 5.49. The number of aromatic amines is 2. The lowest BCUT2D eigenvalue weighted by Gasteiger charge is -1.97. The molecule has 0 fully saturated rings. The fourth-order valence-corrected chi connectivity index (χ4v) is 3.46. The average Bonchev–Trinajstić information content (AvgIpc) is 3.45. The van der Waals surface area contributed by atoms with Crippen molar-refractivity contribution in [3.63, 3.8) is 0 Å². The normalized spacial score (nSPS) is 12.3. The molecule has 5 nitrogen and oxygen atoms in total. The number of H-pyrrole nitrogens is 2. The second kappa shape index (κ2) is 6.56. The van der Waals surface area contributed by atoms with Crippen LogP contribution < -0.4 is 0 Å². The highest BCUT2D eigenvalue weighted by molar-refractivity contribution is 6.21. The molecular weight excluding hydrogens is 360 g/mol. The zero-order valence-corrected chi connectivity index (χ0v) is 15.9. The first-order valence-electron chi connectivity index (χ1n) is 9.32. The molecular formula is C24H18N4O. The maximum absolute atomic E-state index is 11.9. The maximum Gasteiger partial charge on any atom is 0.159 e. The molecule has 5 rings (SSSR count). The first kappa shape index (κ1) is 17.1. The molecule has 0 amide bonds. The Balaban J connectivity index is 1.85. The monoisotopic (exact) mass is 378 g/mol. The van der Waals surface area contributed by atoms with Gasteiger partial charge in [0.2, 0.25) is 0 Å². The van der Waals surface area contributed by atoms with Crippen molar-refractivity contribution >= 4 is 57.7 Å². The van der Waals surface area contributed by atoms with Gasteiger partial charge in [-0.05, 0) is 73.7 Å². The van der Waals surface area contributed by atoms with Gasteiger partial charge in [0.05, 0.1) is 22.8 Å². The van der Waals surface area contributed by atoms with Crippen LogP contribution >= 0.6 is 0 Å². The molecule has 2 aliphatic rings. The smallest absolute Gasteiger partial charge is 0.159 e. The number of carbonyl (C=O) groups is 1. The van der Waals surface area contributed by atoms with Crippen LogP contribution in [0.1, 0.15) is 35.3 Å². The van der Waals surface area contributed by atoms with Crippen molar-refractivity contribution in [2.45, 2.75) is 6.92 Å². The molecule has 0 radical (unpaired) electrons. The van der Waals surface area contributed by atoms with Gasteiger partial charge in [0.1, 0.15) is 0 Å². The van der Waals surface area contributed by atoms with Crippen LogP contribution in [0, 0.1) is 0 Å². The highest BCUT2D eigenvalue weighted by Crippen LogP contribution is 2.24. The van der Waals surface area contributed by atoms with Crippen molar-refractivity contribution < 1.29 is 4.79 Å². The van der Waals surface area contributed by atoms with E-state index in [-0.39, 0.29) is 5.78 Å². The number of ketones is 1. The highest BCUT2D eigenvalue weighted by Gasteiger charge is 2.10. The van der Waals surface area contributed by atoms with Crippen molar-refractivity contribution in [3.05, 3.63) is 77.4 Å². The van der Waals surface area contributed by atoms with Crippen LogP contribution in [0.4, 0.5) is 0 Å². The van der Waals surface area contributed by atoms with Crippen LogP contribution in [0.5, 0.6) is 0 Å². The summed E-state index contributed by atoms with van der Waals surface area (Å²) >= 11 is 0. The van der Waals surface area contributed by atoms with Gasteiger partial charge in [-0.25, -0.2) is 9.97 Å². The van der Waals surface area contributed by atoms with E-state index in [2.05, 4.69) is 26.5 Å². The number of hydrogen-bond acceptors (Lipinski definition) is 3. The number of nitrogens with zero attached hydrogens (tertiary/aromatic N) is 2. The molecule has 0 saturated heterocycles. The highest BCUT2D eigenvalue weighted by atomic mass is 16.1. The molecule has 5 heterocycles. The van der Waals surface area contributed by atoms with Gasteiger partial charge in [-0.2, -0.15) is 0 Å². The molecule has 0 aliphatic carbocycles. The van der Waals surface area contributed by atoms with Gasteiger partial charge >= 0.3 is 0 Å². The molecule has 8 bridgehead atoms. The number of Topliss-reactive ketones (excluding diaryl/α,β-unsaturated/α-hetero) is 1. The standard InChI is InChI=1S/C24H18N4O/c1-14(15(2)29)23-12-22-11-20-6-5-18(26-20)9-16-3-4-17(25-16)10-19-7-8-21(27-19)13-24(23)28-22/h3-13,26,28H,1H2,2H3. The number of nitrogens with one attached hydrogen (secondary N) is 2. The Morgan fingerprint density at radius 2 is 1.34 bits per heavy atom. The quantitative estimate of drug-likeness (QED) is 0.412. The van der Waals surface area contributed by atoms with Crippen LogP contribution in [-0.4, -0.2) is 25.7 Å². The van der Waals surface area contributed by atoms with Crippen LogP contribution in [0.2, 0.25) is 0 Å². The average molecular weight is 378 g/mol. The van der Waals surface area contributed by atoms with E-state index in [0.717, 1.165) is 50.4 Å². The first-order chi connectivity index (χ1) is 14.0. The van der Waals surface area contributed by atoms with E-state index in [4.69, 9.17) is 0 Å². The molecule has 0 aromatic carbocycles. The van der Waals surface area contributed by atoms with E-state index in [1.807, 2.05) is 66.8 Å². The Bertz CT molecular complexity index is 1400. The van der Waals surface area contributed by atoms with Crippen LogP contribution in [-0.2, 0) is 4.79 Å². The van der Waals surface area contributed by atoms with Gasteiger partial charge in [-0.3, -0.25) is 4.79 Å². The van der Waals surface area contributed by atoms with Gasteiger partial charge < -0.3 is 9.97 Å². The Kier molecular flexibility index (Phi) is 3.88. The van der Waals surface area contributed by atoms with E-state index in [9.17, 15) is 4.79 Å². The Labute approximate surface area is 167 Å². The van der Waals surface area contributed by atoms with E-state index >= 15 is 0 Å². The third kappa shape index (κ3) is 3.34. The van der Waals surface area contributed by atoms with Gasteiger partial charge in [-0.15, -0.1) is 0 Å². The summed E-state index contributed by atoms with van der Waals surface area (Å²) in [4.78, 5) is 28.0. The second-order valence-electron chi connectivity index (χ2n) is 7.12. The summed E-state index contributed by atoms with van der Waals surface area (Å²) in [5.41, 5.74) is 8.23. The Hall–Kier alpha value is -3.99. The molecule has 0 unspecified atom stereocenters. The Morgan fingerprint density at radius 1 is 0.759 bits per heavy atom. The number of fused-ring (bicyclic) bond motifs is 8. The number of allylic oxidation sites excluding steroid dienone is 1. The zero-order chi connectivity index (χ0) is 20.0. The minimum Gasteiger partial charge on any atom is -0.355 e. The summed E-state index contributed by atoms with van der Waals surface area (Å²) in [5.74, 6) is -0.0600. The second-order valence-corrected chi connectivity index (χ2v) is 7.12. The number of rotatable bonds is 2. The summed E-state index contributed by atoms with van der Waals surface area (Å²) in [6.07, 6.45) is 7.86. The maximum atomic E-state index is 11.9. The first-order valence-corrected chi connectivity index (χ1v) is 9.32. The van der Waals surface area contributed by atoms with E-state index < -0.39 is 0 Å². The molecule has 0 spiro atoms. The summed E-state index contributed by atoms with van der Waals surface area (Å²) in [5, 5.41) is 0. The third-order valence-corrected chi connectivity index (χ3v) is 4.92. The van der Waals surface area contributed by atoms with Gasteiger partial charge in [0.25, 0.3) is 0 Å². The van der Waals surface area contributed by atoms with E-state index in [1.54, 1.807) is 0 Å². The molecule has 3 aromatic rings. The Morgan fingerprint density at radius 3 is 2.00 bits per heavy atom. The molecule has 0 atom stereocenters. The van der Waals surface area contributed by atoms with E-state index in [1.165, 1.54) is 6.92 Å². The zero-order valence-electron chi connectivity index (χ0n) is 15.9. The lowest BCUT2D eigenvalue weighted by Crippen LogP contribution is -1.92. The molecule has 0 saturated carbocycles. The number of hydrogen-bond donors (Lipinski definition) is 2.